The number of aromatic nitrogens is 1. The molecule has 0 aliphatic carbocycles. The van der Waals surface area contributed by atoms with Gasteiger partial charge in [0.25, 0.3) is 5.56 Å². The molecule has 0 aliphatic heterocycles. The molecule has 0 saturated heterocycles. The molecule has 1 aromatic carbocycles. The standard InChI is InChI=1S/C15H19NO5/c1-15(2,20)12(18)8-21-11-6-4-5-9-10(17)7-13(19)16(3)14(9)11/h4-7,12,17-18,20H,8H2,1-3H3/t12-/m1/s1. The number of aliphatic hydroxyl groups is 2. The first kappa shape index (κ1) is 15.3. The predicted molar refractivity (Wildman–Crippen MR) is 78.7 cm³/mol. The summed E-state index contributed by atoms with van der Waals surface area (Å²) in [6.45, 7) is 2.82. The van der Waals surface area contributed by atoms with Crippen molar-refractivity contribution >= 4 is 10.9 Å². The van der Waals surface area contributed by atoms with Gasteiger partial charge < -0.3 is 24.6 Å². The van der Waals surface area contributed by atoms with Crippen LogP contribution in [0.1, 0.15) is 13.8 Å². The van der Waals surface area contributed by atoms with Crippen molar-refractivity contribution in [3.63, 3.8) is 0 Å². The third-order valence-corrected chi connectivity index (χ3v) is 3.41. The lowest BCUT2D eigenvalue weighted by atomic mass is 10.0. The van der Waals surface area contributed by atoms with Crippen LogP contribution in [-0.4, -0.2) is 38.2 Å². The van der Waals surface area contributed by atoms with E-state index in [9.17, 15) is 20.1 Å². The number of ether oxygens (including phenoxy) is 1. The van der Waals surface area contributed by atoms with Gasteiger partial charge in [0.1, 0.15) is 24.2 Å². The predicted octanol–water partition coefficient (Wildman–Crippen LogP) is 0.755. The van der Waals surface area contributed by atoms with Gasteiger partial charge in [0.05, 0.1) is 11.1 Å². The van der Waals surface area contributed by atoms with Crippen molar-refractivity contribution in [2.45, 2.75) is 25.6 Å². The Morgan fingerprint density at radius 1 is 1.38 bits per heavy atom. The molecule has 3 N–H and O–H groups in total. The Labute approximate surface area is 121 Å². The third kappa shape index (κ3) is 3.01. The van der Waals surface area contributed by atoms with Crippen LogP contribution in [0, 0.1) is 0 Å². The van der Waals surface area contributed by atoms with Gasteiger partial charge in [-0.1, -0.05) is 6.07 Å². The molecule has 0 unspecified atom stereocenters. The van der Waals surface area contributed by atoms with Gasteiger partial charge in [-0.25, -0.2) is 0 Å². The first-order valence-corrected chi connectivity index (χ1v) is 6.57. The fourth-order valence-corrected chi connectivity index (χ4v) is 1.97. The molecule has 1 heterocycles. The smallest absolute Gasteiger partial charge is 0.254 e. The number of aryl methyl sites for hydroxylation is 1. The number of rotatable bonds is 4. The lowest BCUT2D eigenvalue weighted by Crippen LogP contribution is -2.40. The van der Waals surface area contributed by atoms with E-state index in [4.69, 9.17) is 4.74 Å². The number of benzene rings is 1. The van der Waals surface area contributed by atoms with Crippen molar-refractivity contribution in [1.82, 2.24) is 4.57 Å². The normalized spacial score (nSPS) is 13.4. The highest BCUT2D eigenvalue weighted by Crippen LogP contribution is 2.29. The largest absolute Gasteiger partial charge is 0.507 e. The third-order valence-electron chi connectivity index (χ3n) is 3.41. The summed E-state index contributed by atoms with van der Waals surface area (Å²) < 4.78 is 6.88. The van der Waals surface area contributed by atoms with Crippen molar-refractivity contribution in [1.29, 1.82) is 0 Å². The molecule has 1 aromatic heterocycles. The zero-order valence-electron chi connectivity index (χ0n) is 12.2. The molecule has 0 saturated carbocycles. The van der Waals surface area contributed by atoms with Gasteiger partial charge in [-0.3, -0.25) is 4.79 Å². The van der Waals surface area contributed by atoms with E-state index in [1.165, 1.54) is 18.4 Å². The molecule has 2 rings (SSSR count). The van der Waals surface area contributed by atoms with Gasteiger partial charge in [0, 0.05) is 18.5 Å². The topological polar surface area (TPSA) is 91.9 Å². The first-order valence-electron chi connectivity index (χ1n) is 6.57. The van der Waals surface area contributed by atoms with E-state index in [0.717, 1.165) is 6.07 Å². The number of aromatic hydroxyl groups is 1. The number of nitrogens with zero attached hydrogens (tertiary/aromatic N) is 1. The molecule has 0 amide bonds. The molecular formula is C15H19NO5. The van der Waals surface area contributed by atoms with Crippen LogP contribution >= 0.6 is 0 Å². The number of pyridine rings is 1. The molecular weight excluding hydrogens is 274 g/mol. The SMILES string of the molecule is Cn1c(=O)cc(O)c2cccc(OC[C@@H](O)C(C)(C)O)c21. The van der Waals surface area contributed by atoms with Gasteiger partial charge in [-0.2, -0.15) is 0 Å². The number of para-hydroxylation sites is 1. The zero-order valence-corrected chi connectivity index (χ0v) is 12.2. The summed E-state index contributed by atoms with van der Waals surface area (Å²) in [6, 6.07) is 6.12. The van der Waals surface area contributed by atoms with Crippen LogP contribution in [0.2, 0.25) is 0 Å². The number of aliphatic hydroxyl groups excluding tert-OH is 1. The van der Waals surface area contributed by atoms with Crippen LogP contribution in [0.4, 0.5) is 0 Å². The maximum absolute atomic E-state index is 11.8. The lowest BCUT2D eigenvalue weighted by molar-refractivity contribution is -0.0660. The molecule has 114 valence electrons. The van der Waals surface area contributed by atoms with Crippen molar-refractivity contribution in [2.75, 3.05) is 6.61 Å². The van der Waals surface area contributed by atoms with E-state index in [1.807, 2.05) is 0 Å². The molecule has 1 atom stereocenters. The van der Waals surface area contributed by atoms with Crippen LogP contribution in [0.5, 0.6) is 11.5 Å². The molecule has 0 aliphatic rings. The second-order valence-electron chi connectivity index (χ2n) is 5.56. The lowest BCUT2D eigenvalue weighted by Gasteiger charge is -2.24. The quantitative estimate of drug-likeness (QED) is 0.774. The highest BCUT2D eigenvalue weighted by molar-refractivity contribution is 5.89. The van der Waals surface area contributed by atoms with Crippen LogP contribution in [0.25, 0.3) is 10.9 Å². The molecule has 6 nitrogen and oxygen atoms in total. The molecule has 6 heteroatoms. The van der Waals surface area contributed by atoms with Crippen molar-refractivity contribution in [3.8, 4) is 11.5 Å². The van der Waals surface area contributed by atoms with E-state index in [-0.39, 0.29) is 17.9 Å². The second kappa shape index (κ2) is 5.38. The van der Waals surface area contributed by atoms with Crippen LogP contribution in [-0.2, 0) is 7.05 Å². The second-order valence-corrected chi connectivity index (χ2v) is 5.56. The van der Waals surface area contributed by atoms with E-state index < -0.39 is 11.7 Å². The number of hydrogen-bond donors (Lipinski definition) is 3. The van der Waals surface area contributed by atoms with Crippen molar-refractivity contribution in [2.24, 2.45) is 7.05 Å². The van der Waals surface area contributed by atoms with E-state index >= 15 is 0 Å². The minimum Gasteiger partial charge on any atom is -0.507 e. The van der Waals surface area contributed by atoms with Crippen molar-refractivity contribution < 1.29 is 20.1 Å². The average Bonchev–Trinajstić information content (AvgIpc) is 2.40. The fraction of sp³-hybridized carbons (Fsp3) is 0.400. The summed E-state index contributed by atoms with van der Waals surface area (Å²) in [5.41, 5.74) is -1.22. The fourth-order valence-electron chi connectivity index (χ4n) is 1.97. The summed E-state index contributed by atoms with van der Waals surface area (Å²) in [5.74, 6) is 0.230. The minimum absolute atomic E-state index is 0.124. The summed E-state index contributed by atoms with van der Waals surface area (Å²) in [4.78, 5) is 11.8. The minimum atomic E-state index is -1.29. The number of fused-ring (bicyclic) bond motifs is 1. The highest BCUT2D eigenvalue weighted by Gasteiger charge is 2.25. The average molecular weight is 293 g/mol. The first-order chi connectivity index (χ1) is 9.71. The van der Waals surface area contributed by atoms with Gasteiger partial charge >= 0.3 is 0 Å². The Morgan fingerprint density at radius 2 is 2.05 bits per heavy atom. The molecule has 0 spiro atoms. The Kier molecular flexibility index (Phi) is 3.93. The Bertz CT molecular complexity index is 714. The Hall–Kier alpha value is -2.05. The summed E-state index contributed by atoms with van der Waals surface area (Å²) in [5, 5.41) is 29.8. The Morgan fingerprint density at radius 3 is 2.67 bits per heavy atom. The number of hydrogen-bond acceptors (Lipinski definition) is 5. The molecule has 0 fully saturated rings. The maximum Gasteiger partial charge on any atom is 0.254 e. The van der Waals surface area contributed by atoms with Gasteiger partial charge in [0.15, 0.2) is 0 Å². The van der Waals surface area contributed by atoms with Crippen LogP contribution in [0.3, 0.4) is 0 Å². The van der Waals surface area contributed by atoms with Gasteiger partial charge in [0.2, 0.25) is 0 Å². The van der Waals surface area contributed by atoms with Crippen LogP contribution in [0.15, 0.2) is 29.1 Å². The van der Waals surface area contributed by atoms with E-state index in [0.29, 0.717) is 16.7 Å². The van der Waals surface area contributed by atoms with E-state index in [2.05, 4.69) is 0 Å². The highest BCUT2D eigenvalue weighted by atomic mass is 16.5. The van der Waals surface area contributed by atoms with Crippen LogP contribution < -0.4 is 10.3 Å². The zero-order chi connectivity index (χ0) is 15.8. The molecule has 0 radical (unpaired) electrons. The van der Waals surface area contributed by atoms with E-state index in [1.54, 1.807) is 25.2 Å². The maximum atomic E-state index is 11.8. The van der Waals surface area contributed by atoms with Gasteiger partial charge in [-0.05, 0) is 26.0 Å². The monoisotopic (exact) mass is 293 g/mol. The van der Waals surface area contributed by atoms with Gasteiger partial charge in [-0.15, -0.1) is 0 Å². The summed E-state index contributed by atoms with van der Waals surface area (Å²) in [6.07, 6.45) is -1.08. The molecule has 21 heavy (non-hydrogen) atoms. The molecule has 2 aromatic rings. The summed E-state index contributed by atoms with van der Waals surface area (Å²) >= 11 is 0. The summed E-state index contributed by atoms with van der Waals surface area (Å²) in [7, 11) is 1.57. The Balaban J connectivity index is 2.44. The van der Waals surface area contributed by atoms with Crippen molar-refractivity contribution in [3.05, 3.63) is 34.6 Å². The molecule has 0 bridgehead atoms.